The topological polar surface area (TPSA) is 49.3 Å². The summed E-state index contributed by atoms with van der Waals surface area (Å²) in [4.78, 5) is 26.0. The van der Waals surface area contributed by atoms with Gasteiger partial charge in [-0.05, 0) is 43.2 Å². The highest BCUT2D eigenvalue weighted by Gasteiger charge is 2.23. The lowest BCUT2D eigenvalue weighted by Crippen LogP contribution is -2.49. The van der Waals surface area contributed by atoms with Crippen LogP contribution in [0.25, 0.3) is 11.4 Å². The summed E-state index contributed by atoms with van der Waals surface area (Å²) in [6.45, 7) is 6.66. The molecule has 0 bridgehead atoms. The number of amides is 1. The SMILES string of the molecule is CCc1ccc(C(=O)N2CCN(c3cc(C)nc(-c4cccc(F)c4)n3)CC2)cc1. The van der Waals surface area contributed by atoms with Gasteiger partial charge in [0.15, 0.2) is 5.82 Å². The van der Waals surface area contributed by atoms with E-state index in [0.29, 0.717) is 37.6 Å². The quantitative estimate of drug-likeness (QED) is 0.657. The van der Waals surface area contributed by atoms with Crippen molar-refractivity contribution in [2.24, 2.45) is 0 Å². The summed E-state index contributed by atoms with van der Waals surface area (Å²) in [7, 11) is 0. The summed E-state index contributed by atoms with van der Waals surface area (Å²) < 4.78 is 13.6. The Morgan fingerprint density at radius 1 is 1.00 bits per heavy atom. The molecule has 6 heteroatoms. The molecule has 0 unspecified atom stereocenters. The molecule has 1 aliphatic heterocycles. The van der Waals surface area contributed by atoms with Crippen molar-refractivity contribution in [2.75, 3.05) is 31.1 Å². The zero-order valence-corrected chi connectivity index (χ0v) is 17.3. The van der Waals surface area contributed by atoms with Gasteiger partial charge in [-0.2, -0.15) is 0 Å². The van der Waals surface area contributed by atoms with Gasteiger partial charge in [-0.1, -0.05) is 31.2 Å². The lowest BCUT2D eigenvalue weighted by molar-refractivity contribution is 0.0746. The molecule has 1 saturated heterocycles. The van der Waals surface area contributed by atoms with E-state index in [1.54, 1.807) is 6.07 Å². The first-order valence-corrected chi connectivity index (χ1v) is 10.3. The maximum atomic E-state index is 13.6. The van der Waals surface area contributed by atoms with Crippen LogP contribution in [0.1, 0.15) is 28.5 Å². The van der Waals surface area contributed by atoms with Crippen LogP contribution >= 0.6 is 0 Å². The van der Waals surface area contributed by atoms with E-state index in [4.69, 9.17) is 0 Å². The minimum atomic E-state index is -0.307. The third-order valence-corrected chi connectivity index (χ3v) is 5.42. The van der Waals surface area contributed by atoms with Crippen molar-refractivity contribution >= 4 is 11.7 Å². The predicted octanol–water partition coefficient (Wildman–Crippen LogP) is 4.12. The summed E-state index contributed by atoms with van der Waals surface area (Å²) in [5, 5.41) is 0. The van der Waals surface area contributed by atoms with Crippen LogP contribution in [0.4, 0.5) is 10.2 Å². The number of benzene rings is 2. The Bertz CT molecular complexity index is 1040. The summed E-state index contributed by atoms with van der Waals surface area (Å²) in [6, 6.07) is 16.1. The molecule has 154 valence electrons. The Hall–Kier alpha value is -3.28. The van der Waals surface area contributed by atoms with Gasteiger partial charge in [-0.25, -0.2) is 14.4 Å². The molecule has 2 aromatic carbocycles. The van der Waals surface area contributed by atoms with E-state index in [1.807, 2.05) is 48.2 Å². The Balaban J connectivity index is 1.46. The number of piperazine rings is 1. The van der Waals surface area contributed by atoms with E-state index >= 15 is 0 Å². The second-order valence-electron chi connectivity index (χ2n) is 7.53. The Morgan fingerprint density at radius 3 is 2.40 bits per heavy atom. The van der Waals surface area contributed by atoms with Crippen molar-refractivity contribution in [3.63, 3.8) is 0 Å². The molecule has 0 atom stereocenters. The molecule has 1 aromatic heterocycles. The maximum absolute atomic E-state index is 13.6. The molecule has 30 heavy (non-hydrogen) atoms. The summed E-state index contributed by atoms with van der Waals surface area (Å²) in [6.07, 6.45) is 0.961. The number of anilines is 1. The van der Waals surface area contributed by atoms with E-state index in [9.17, 15) is 9.18 Å². The lowest BCUT2D eigenvalue weighted by Gasteiger charge is -2.35. The molecular formula is C24H25FN4O. The van der Waals surface area contributed by atoms with Gasteiger partial charge in [0.1, 0.15) is 11.6 Å². The van der Waals surface area contributed by atoms with E-state index in [-0.39, 0.29) is 11.7 Å². The number of hydrogen-bond donors (Lipinski definition) is 0. The van der Waals surface area contributed by atoms with Gasteiger partial charge in [0.2, 0.25) is 0 Å². The van der Waals surface area contributed by atoms with Crippen LogP contribution in [-0.4, -0.2) is 47.0 Å². The van der Waals surface area contributed by atoms with Gasteiger partial charge in [-0.3, -0.25) is 4.79 Å². The smallest absolute Gasteiger partial charge is 0.253 e. The molecule has 0 saturated carbocycles. The maximum Gasteiger partial charge on any atom is 0.253 e. The number of halogens is 1. The number of hydrogen-bond acceptors (Lipinski definition) is 4. The molecule has 1 aliphatic rings. The van der Waals surface area contributed by atoms with Crippen molar-refractivity contribution < 1.29 is 9.18 Å². The average molecular weight is 404 g/mol. The number of aryl methyl sites for hydroxylation is 2. The molecule has 4 rings (SSSR count). The van der Waals surface area contributed by atoms with E-state index in [2.05, 4.69) is 21.8 Å². The minimum Gasteiger partial charge on any atom is -0.353 e. The van der Waals surface area contributed by atoms with Crippen molar-refractivity contribution in [3.8, 4) is 11.4 Å². The fourth-order valence-corrected chi connectivity index (χ4v) is 3.67. The standard InChI is InChI=1S/C24H25FN4O/c1-3-18-7-9-19(10-8-18)24(30)29-13-11-28(12-14-29)22-15-17(2)26-23(27-22)20-5-4-6-21(25)16-20/h4-10,15-16H,3,11-14H2,1-2H3. The highest BCUT2D eigenvalue weighted by atomic mass is 19.1. The van der Waals surface area contributed by atoms with Gasteiger partial charge in [0.05, 0.1) is 0 Å². The van der Waals surface area contributed by atoms with Crippen LogP contribution in [0.5, 0.6) is 0 Å². The van der Waals surface area contributed by atoms with Gasteiger partial charge < -0.3 is 9.80 Å². The molecule has 0 aliphatic carbocycles. The molecule has 3 aromatic rings. The Labute approximate surface area is 176 Å². The van der Waals surface area contributed by atoms with Crippen LogP contribution in [0, 0.1) is 12.7 Å². The van der Waals surface area contributed by atoms with Crippen LogP contribution in [0.3, 0.4) is 0 Å². The average Bonchev–Trinajstić information content (AvgIpc) is 2.78. The van der Waals surface area contributed by atoms with E-state index in [0.717, 1.165) is 23.5 Å². The zero-order valence-electron chi connectivity index (χ0n) is 17.3. The normalized spacial score (nSPS) is 14.1. The number of aromatic nitrogens is 2. The number of nitrogens with zero attached hydrogens (tertiary/aromatic N) is 4. The zero-order chi connectivity index (χ0) is 21.1. The minimum absolute atomic E-state index is 0.0663. The monoisotopic (exact) mass is 404 g/mol. The molecular weight excluding hydrogens is 379 g/mol. The van der Waals surface area contributed by atoms with Crippen LogP contribution < -0.4 is 4.90 Å². The van der Waals surface area contributed by atoms with Gasteiger partial charge in [0.25, 0.3) is 5.91 Å². The van der Waals surface area contributed by atoms with Gasteiger partial charge >= 0.3 is 0 Å². The Kier molecular flexibility index (Phi) is 5.74. The van der Waals surface area contributed by atoms with E-state index < -0.39 is 0 Å². The molecule has 1 fully saturated rings. The van der Waals surface area contributed by atoms with Crippen molar-refractivity contribution in [2.45, 2.75) is 20.3 Å². The van der Waals surface area contributed by atoms with Crippen molar-refractivity contribution in [1.29, 1.82) is 0 Å². The largest absolute Gasteiger partial charge is 0.353 e. The van der Waals surface area contributed by atoms with E-state index in [1.165, 1.54) is 17.7 Å². The highest BCUT2D eigenvalue weighted by molar-refractivity contribution is 5.94. The third-order valence-electron chi connectivity index (χ3n) is 5.42. The lowest BCUT2D eigenvalue weighted by atomic mass is 10.1. The molecule has 0 radical (unpaired) electrons. The van der Waals surface area contributed by atoms with Gasteiger partial charge in [0, 0.05) is 49.1 Å². The van der Waals surface area contributed by atoms with Crippen LogP contribution in [-0.2, 0) is 6.42 Å². The predicted molar refractivity (Wildman–Crippen MR) is 116 cm³/mol. The van der Waals surface area contributed by atoms with Crippen molar-refractivity contribution in [3.05, 3.63) is 77.2 Å². The number of rotatable bonds is 4. The fraction of sp³-hybridized carbons (Fsp3) is 0.292. The second-order valence-corrected chi connectivity index (χ2v) is 7.53. The first-order chi connectivity index (χ1) is 14.5. The summed E-state index contributed by atoms with van der Waals surface area (Å²) in [5.41, 5.74) is 3.44. The van der Waals surface area contributed by atoms with Crippen molar-refractivity contribution in [1.82, 2.24) is 14.9 Å². The summed E-state index contributed by atoms with van der Waals surface area (Å²) in [5.74, 6) is 1.08. The summed E-state index contributed by atoms with van der Waals surface area (Å²) >= 11 is 0. The molecule has 5 nitrogen and oxygen atoms in total. The Morgan fingerprint density at radius 2 is 1.73 bits per heavy atom. The third kappa shape index (κ3) is 4.32. The highest BCUT2D eigenvalue weighted by Crippen LogP contribution is 2.22. The fourth-order valence-electron chi connectivity index (χ4n) is 3.67. The number of carbonyl (C=O) groups is 1. The van der Waals surface area contributed by atoms with Crippen LogP contribution in [0.15, 0.2) is 54.6 Å². The second kappa shape index (κ2) is 8.61. The van der Waals surface area contributed by atoms with Gasteiger partial charge in [-0.15, -0.1) is 0 Å². The molecule has 2 heterocycles. The number of carbonyl (C=O) groups excluding carboxylic acids is 1. The molecule has 0 N–H and O–H groups in total. The first-order valence-electron chi connectivity index (χ1n) is 10.3. The first kappa shape index (κ1) is 20.0. The van der Waals surface area contributed by atoms with Crippen LogP contribution in [0.2, 0.25) is 0 Å². The molecule has 0 spiro atoms. The molecule has 1 amide bonds.